The number of allylic oxidation sites excluding steroid dienone is 1. The normalized spacial score (nSPS) is 13.9. The van der Waals surface area contributed by atoms with E-state index in [0.29, 0.717) is 20.6 Å². The Bertz CT molecular complexity index is 1370. The SMILES string of the molecule is N#C/C(=C\c1c(-c2ccc(Cl)cc2)nc2sc3c(n12)CCCC3)c1ccc(Cl)c(Cl)c1. The Kier molecular flexibility index (Phi) is 5.54. The summed E-state index contributed by atoms with van der Waals surface area (Å²) in [6.07, 6.45) is 6.38. The molecule has 0 unspecified atom stereocenters. The Hall–Kier alpha value is -2.29. The fourth-order valence-corrected chi connectivity index (χ4v) is 5.63. The molecule has 0 aliphatic heterocycles. The topological polar surface area (TPSA) is 41.1 Å². The van der Waals surface area contributed by atoms with Crippen molar-refractivity contribution in [1.29, 1.82) is 5.26 Å². The van der Waals surface area contributed by atoms with Crippen molar-refractivity contribution in [2.24, 2.45) is 0 Å². The Morgan fingerprint density at radius 2 is 1.81 bits per heavy atom. The lowest BCUT2D eigenvalue weighted by atomic mass is 10.0. The van der Waals surface area contributed by atoms with Crippen LogP contribution in [0.4, 0.5) is 0 Å². The second-order valence-electron chi connectivity index (χ2n) is 7.45. The predicted molar refractivity (Wildman–Crippen MR) is 130 cm³/mol. The molecule has 0 fully saturated rings. The number of rotatable bonds is 3. The van der Waals surface area contributed by atoms with E-state index in [1.54, 1.807) is 23.5 Å². The summed E-state index contributed by atoms with van der Waals surface area (Å²) in [5, 5.41) is 11.5. The van der Waals surface area contributed by atoms with Crippen molar-refractivity contribution in [3.8, 4) is 17.3 Å². The van der Waals surface area contributed by atoms with Crippen LogP contribution < -0.4 is 0 Å². The van der Waals surface area contributed by atoms with Gasteiger partial charge in [0.2, 0.25) is 0 Å². The molecule has 0 atom stereocenters. The van der Waals surface area contributed by atoms with Crippen LogP contribution in [-0.2, 0) is 12.8 Å². The Morgan fingerprint density at radius 1 is 1.03 bits per heavy atom. The van der Waals surface area contributed by atoms with E-state index in [9.17, 15) is 5.26 Å². The standard InChI is InChI=1S/C24H16Cl3N3S/c25-17-8-5-14(6-9-17)23-21(12-16(13-28)15-7-10-18(26)19(27)11-15)30-20-3-1-2-4-22(20)31-24(30)29-23/h5-12H,1-4H2/b16-12+. The quantitative estimate of drug-likeness (QED) is 0.277. The maximum absolute atomic E-state index is 9.96. The number of nitrogens with zero attached hydrogens (tertiary/aromatic N) is 3. The first kappa shape index (κ1) is 20.6. The summed E-state index contributed by atoms with van der Waals surface area (Å²) in [6.45, 7) is 0. The average molecular weight is 485 g/mol. The van der Waals surface area contributed by atoms with E-state index in [4.69, 9.17) is 39.8 Å². The molecule has 0 saturated heterocycles. The van der Waals surface area contributed by atoms with E-state index in [0.717, 1.165) is 46.7 Å². The fourth-order valence-electron chi connectivity index (χ4n) is 3.99. The molecule has 4 aromatic rings. The van der Waals surface area contributed by atoms with Gasteiger partial charge in [0.15, 0.2) is 4.96 Å². The van der Waals surface area contributed by atoms with Crippen molar-refractivity contribution in [2.75, 3.05) is 0 Å². The molecule has 31 heavy (non-hydrogen) atoms. The van der Waals surface area contributed by atoms with E-state index >= 15 is 0 Å². The van der Waals surface area contributed by atoms with Gasteiger partial charge in [-0.15, -0.1) is 11.3 Å². The van der Waals surface area contributed by atoms with Crippen LogP contribution in [-0.4, -0.2) is 9.38 Å². The maximum Gasteiger partial charge on any atom is 0.195 e. The number of benzene rings is 2. The first-order valence-corrected chi connectivity index (χ1v) is 11.9. The second-order valence-corrected chi connectivity index (χ2v) is 9.76. The van der Waals surface area contributed by atoms with Gasteiger partial charge in [0.1, 0.15) is 0 Å². The van der Waals surface area contributed by atoms with E-state index in [1.165, 1.54) is 17.0 Å². The van der Waals surface area contributed by atoms with Crippen LogP contribution >= 0.6 is 46.1 Å². The minimum absolute atomic E-state index is 0.421. The van der Waals surface area contributed by atoms with E-state index < -0.39 is 0 Å². The summed E-state index contributed by atoms with van der Waals surface area (Å²) < 4.78 is 2.22. The summed E-state index contributed by atoms with van der Waals surface area (Å²) >= 11 is 20.1. The monoisotopic (exact) mass is 483 g/mol. The minimum Gasteiger partial charge on any atom is -0.287 e. The number of aromatic nitrogens is 2. The molecule has 2 aromatic heterocycles. The van der Waals surface area contributed by atoms with Gasteiger partial charge in [-0.2, -0.15) is 5.26 Å². The minimum atomic E-state index is 0.421. The van der Waals surface area contributed by atoms with Crippen molar-refractivity contribution >= 4 is 62.7 Å². The zero-order chi connectivity index (χ0) is 21.5. The highest BCUT2D eigenvalue weighted by atomic mass is 35.5. The van der Waals surface area contributed by atoms with Crippen LogP contribution in [0.15, 0.2) is 42.5 Å². The number of hydrogen-bond acceptors (Lipinski definition) is 3. The smallest absolute Gasteiger partial charge is 0.195 e. The van der Waals surface area contributed by atoms with E-state index in [1.807, 2.05) is 36.4 Å². The number of halogens is 3. The van der Waals surface area contributed by atoms with E-state index in [-0.39, 0.29) is 0 Å². The van der Waals surface area contributed by atoms with E-state index in [2.05, 4.69) is 10.5 Å². The summed E-state index contributed by atoms with van der Waals surface area (Å²) in [7, 11) is 0. The van der Waals surface area contributed by atoms with Crippen molar-refractivity contribution in [1.82, 2.24) is 9.38 Å². The number of hydrogen-bond donors (Lipinski definition) is 0. The Morgan fingerprint density at radius 3 is 2.55 bits per heavy atom. The zero-order valence-electron chi connectivity index (χ0n) is 16.3. The molecule has 5 rings (SSSR count). The Balaban J connectivity index is 1.76. The fraction of sp³-hybridized carbons (Fsp3) is 0.167. The summed E-state index contributed by atoms with van der Waals surface area (Å²) in [4.78, 5) is 7.31. The molecule has 0 radical (unpaired) electrons. The first-order valence-electron chi connectivity index (χ1n) is 9.91. The number of fused-ring (bicyclic) bond motifs is 3. The van der Waals surface area contributed by atoms with Gasteiger partial charge in [-0.1, -0.05) is 53.0 Å². The molecule has 0 saturated carbocycles. The lowest BCUT2D eigenvalue weighted by Crippen LogP contribution is -2.04. The highest BCUT2D eigenvalue weighted by Crippen LogP contribution is 2.37. The third-order valence-corrected chi connectivity index (χ3v) is 7.64. The van der Waals surface area contributed by atoms with Gasteiger partial charge in [0, 0.05) is 21.2 Å². The third-order valence-electron chi connectivity index (χ3n) is 5.51. The second kappa shape index (κ2) is 8.33. The van der Waals surface area contributed by atoms with Gasteiger partial charge in [-0.05, 0) is 61.6 Å². The summed E-state index contributed by atoms with van der Waals surface area (Å²) in [6, 6.07) is 15.2. The third kappa shape index (κ3) is 3.77. The summed E-state index contributed by atoms with van der Waals surface area (Å²) in [5.41, 5.74) is 5.23. The molecule has 0 spiro atoms. The molecule has 2 aromatic carbocycles. The predicted octanol–water partition coefficient (Wildman–Crippen LogP) is 7.97. The molecule has 154 valence electrons. The van der Waals surface area contributed by atoms with Crippen LogP contribution in [0.25, 0.3) is 27.9 Å². The largest absolute Gasteiger partial charge is 0.287 e. The number of thiazole rings is 1. The summed E-state index contributed by atoms with van der Waals surface area (Å²) in [5.74, 6) is 0. The van der Waals surface area contributed by atoms with Crippen molar-refractivity contribution in [3.63, 3.8) is 0 Å². The lowest BCUT2D eigenvalue weighted by Gasteiger charge is -2.12. The van der Waals surface area contributed by atoms with Gasteiger partial charge in [0.25, 0.3) is 0 Å². The average Bonchev–Trinajstić information content (AvgIpc) is 3.31. The first-order chi connectivity index (χ1) is 15.0. The van der Waals surface area contributed by atoms with Crippen LogP contribution in [0, 0.1) is 11.3 Å². The van der Waals surface area contributed by atoms with Crippen LogP contribution in [0.2, 0.25) is 15.1 Å². The molecule has 0 amide bonds. The van der Waals surface area contributed by atoms with Gasteiger partial charge in [0.05, 0.1) is 33.1 Å². The molecule has 7 heteroatoms. The number of nitriles is 1. The molecular weight excluding hydrogens is 469 g/mol. The van der Waals surface area contributed by atoms with Gasteiger partial charge >= 0.3 is 0 Å². The molecule has 3 nitrogen and oxygen atoms in total. The van der Waals surface area contributed by atoms with Crippen molar-refractivity contribution in [2.45, 2.75) is 25.7 Å². The van der Waals surface area contributed by atoms with Crippen molar-refractivity contribution < 1.29 is 0 Å². The van der Waals surface area contributed by atoms with Gasteiger partial charge < -0.3 is 0 Å². The molecule has 1 aliphatic carbocycles. The highest BCUT2D eigenvalue weighted by Gasteiger charge is 2.23. The zero-order valence-corrected chi connectivity index (χ0v) is 19.4. The van der Waals surface area contributed by atoms with Crippen LogP contribution in [0.1, 0.15) is 34.7 Å². The van der Waals surface area contributed by atoms with Crippen LogP contribution in [0.5, 0.6) is 0 Å². The van der Waals surface area contributed by atoms with Crippen molar-refractivity contribution in [3.05, 3.63) is 79.4 Å². The van der Waals surface area contributed by atoms with Crippen LogP contribution in [0.3, 0.4) is 0 Å². The molecule has 2 heterocycles. The molecule has 0 bridgehead atoms. The highest BCUT2D eigenvalue weighted by molar-refractivity contribution is 7.17. The maximum atomic E-state index is 9.96. The Labute approximate surface area is 199 Å². The molecular formula is C24H16Cl3N3S. The number of aryl methyl sites for hydroxylation is 2. The molecule has 1 aliphatic rings. The van der Waals surface area contributed by atoms with Gasteiger partial charge in [-0.25, -0.2) is 4.98 Å². The lowest BCUT2D eigenvalue weighted by molar-refractivity contribution is 0.674. The van der Waals surface area contributed by atoms with Gasteiger partial charge in [-0.3, -0.25) is 4.40 Å². The number of imidazole rings is 1. The molecule has 0 N–H and O–H groups in total.